The van der Waals surface area contributed by atoms with Crippen molar-refractivity contribution in [1.29, 1.82) is 5.26 Å². The van der Waals surface area contributed by atoms with Gasteiger partial charge in [0.2, 0.25) is 5.91 Å². The van der Waals surface area contributed by atoms with Crippen LogP contribution in [0.5, 0.6) is 0 Å². The molecule has 1 amide bonds. The lowest BCUT2D eigenvalue weighted by Crippen LogP contribution is -2.48. The SMILES string of the molecule is N#Cc1ccc(NC(=O)CN2CCN(c3ccc(F)cc3)CC2)cc1. The number of carbonyl (C=O) groups excluding carboxylic acids is 1. The Hall–Kier alpha value is -2.91. The molecule has 0 spiro atoms. The Morgan fingerprint density at radius 2 is 1.68 bits per heavy atom. The van der Waals surface area contributed by atoms with Crippen molar-refractivity contribution < 1.29 is 9.18 Å². The quantitative estimate of drug-likeness (QED) is 0.930. The minimum Gasteiger partial charge on any atom is -0.369 e. The topological polar surface area (TPSA) is 59.4 Å². The van der Waals surface area contributed by atoms with E-state index in [4.69, 9.17) is 5.26 Å². The van der Waals surface area contributed by atoms with Gasteiger partial charge in [-0.05, 0) is 48.5 Å². The van der Waals surface area contributed by atoms with Gasteiger partial charge in [-0.2, -0.15) is 5.26 Å². The van der Waals surface area contributed by atoms with Gasteiger partial charge in [0.1, 0.15) is 5.82 Å². The number of anilines is 2. The second-order valence-electron chi connectivity index (χ2n) is 5.98. The van der Waals surface area contributed by atoms with Gasteiger partial charge in [0.05, 0.1) is 18.2 Å². The molecule has 128 valence electrons. The van der Waals surface area contributed by atoms with Gasteiger partial charge in [0.25, 0.3) is 0 Å². The molecule has 0 atom stereocenters. The molecule has 0 aliphatic carbocycles. The Bertz CT molecular complexity index is 760. The monoisotopic (exact) mass is 338 g/mol. The first kappa shape index (κ1) is 16.9. The summed E-state index contributed by atoms with van der Waals surface area (Å²) >= 11 is 0. The summed E-state index contributed by atoms with van der Waals surface area (Å²) in [5, 5.41) is 11.6. The number of halogens is 1. The van der Waals surface area contributed by atoms with Crippen LogP contribution in [0.15, 0.2) is 48.5 Å². The highest BCUT2D eigenvalue weighted by molar-refractivity contribution is 5.92. The van der Waals surface area contributed by atoms with Crippen molar-refractivity contribution in [2.24, 2.45) is 0 Å². The third-order valence-corrected chi connectivity index (χ3v) is 4.23. The predicted octanol–water partition coefficient (Wildman–Crippen LogP) is 2.46. The van der Waals surface area contributed by atoms with Crippen LogP contribution >= 0.6 is 0 Å². The summed E-state index contributed by atoms with van der Waals surface area (Å²) in [6, 6.07) is 15.3. The lowest BCUT2D eigenvalue weighted by Gasteiger charge is -2.35. The summed E-state index contributed by atoms with van der Waals surface area (Å²) in [7, 11) is 0. The first-order valence-electron chi connectivity index (χ1n) is 8.17. The van der Waals surface area contributed by atoms with Gasteiger partial charge in [0.15, 0.2) is 0 Å². The number of hydrogen-bond donors (Lipinski definition) is 1. The van der Waals surface area contributed by atoms with E-state index in [1.54, 1.807) is 36.4 Å². The molecule has 6 heteroatoms. The molecule has 1 N–H and O–H groups in total. The zero-order chi connectivity index (χ0) is 17.6. The zero-order valence-corrected chi connectivity index (χ0v) is 13.8. The number of rotatable bonds is 4. The fourth-order valence-corrected chi connectivity index (χ4v) is 2.85. The van der Waals surface area contributed by atoms with E-state index in [-0.39, 0.29) is 11.7 Å². The molecule has 0 radical (unpaired) electrons. The van der Waals surface area contributed by atoms with E-state index in [0.29, 0.717) is 17.8 Å². The van der Waals surface area contributed by atoms with Crippen molar-refractivity contribution in [3.63, 3.8) is 0 Å². The van der Waals surface area contributed by atoms with Gasteiger partial charge in [0, 0.05) is 37.6 Å². The van der Waals surface area contributed by atoms with Gasteiger partial charge in [-0.15, -0.1) is 0 Å². The van der Waals surface area contributed by atoms with E-state index in [2.05, 4.69) is 15.1 Å². The molecule has 5 nitrogen and oxygen atoms in total. The lowest BCUT2D eigenvalue weighted by atomic mass is 10.2. The number of piperazine rings is 1. The maximum atomic E-state index is 13.0. The van der Waals surface area contributed by atoms with Crippen molar-refractivity contribution in [2.45, 2.75) is 0 Å². The van der Waals surface area contributed by atoms with E-state index in [9.17, 15) is 9.18 Å². The molecule has 2 aromatic carbocycles. The molecule has 25 heavy (non-hydrogen) atoms. The van der Waals surface area contributed by atoms with Gasteiger partial charge in [-0.3, -0.25) is 9.69 Å². The molecular weight excluding hydrogens is 319 g/mol. The second kappa shape index (κ2) is 7.77. The van der Waals surface area contributed by atoms with Crippen LogP contribution < -0.4 is 10.2 Å². The van der Waals surface area contributed by atoms with Crippen LogP contribution in [0.2, 0.25) is 0 Å². The normalized spacial score (nSPS) is 14.8. The van der Waals surface area contributed by atoms with Crippen LogP contribution in [-0.2, 0) is 4.79 Å². The first-order valence-corrected chi connectivity index (χ1v) is 8.17. The van der Waals surface area contributed by atoms with Crippen LogP contribution in [-0.4, -0.2) is 43.5 Å². The average Bonchev–Trinajstić information content (AvgIpc) is 2.64. The molecule has 1 aliphatic heterocycles. The summed E-state index contributed by atoms with van der Waals surface area (Å²) in [6.07, 6.45) is 0. The van der Waals surface area contributed by atoms with E-state index in [1.807, 2.05) is 6.07 Å². The molecule has 0 bridgehead atoms. The van der Waals surface area contributed by atoms with Crippen molar-refractivity contribution in [1.82, 2.24) is 4.90 Å². The summed E-state index contributed by atoms with van der Waals surface area (Å²) in [4.78, 5) is 16.4. The van der Waals surface area contributed by atoms with Crippen molar-refractivity contribution in [2.75, 3.05) is 42.9 Å². The predicted molar refractivity (Wildman–Crippen MR) is 94.8 cm³/mol. The van der Waals surface area contributed by atoms with Crippen LogP contribution in [0.1, 0.15) is 5.56 Å². The van der Waals surface area contributed by atoms with E-state index >= 15 is 0 Å². The summed E-state index contributed by atoms with van der Waals surface area (Å²) in [5.74, 6) is -0.304. The van der Waals surface area contributed by atoms with Crippen LogP contribution in [0.4, 0.5) is 15.8 Å². The summed E-state index contributed by atoms with van der Waals surface area (Å²) < 4.78 is 13.0. The first-order chi connectivity index (χ1) is 12.1. The van der Waals surface area contributed by atoms with Crippen LogP contribution in [0.3, 0.4) is 0 Å². The van der Waals surface area contributed by atoms with Crippen LogP contribution in [0, 0.1) is 17.1 Å². The van der Waals surface area contributed by atoms with E-state index in [0.717, 1.165) is 31.9 Å². The molecule has 0 unspecified atom stereocenters. The molecule has 1 fully saturated rings. The molecule has 1 saturated heterocycles. The summed E-state index contributed by atoms with van der Waals surface area (Å²) in [5.41, 5.74) is 2.26. The van der Waals surface area contributed by atoms with Crippen LogP contribution in [0.25, 0.3) is 0 Å². The van der Waals surface area contributed by atoms with Gasteiger partial charge >= 0.3 is 0 Å². The molecule has 3 rings (SSSR count). The average molecular weight is 338 g/mol. The fourth-order valence-electron chi connectivity index (χ4n) is 2.85. The maximum Gasteiger partial charge on any atom is 0.238 e. The molecule has 0 aromatic heterocycles. The summed E-state index contributed by atoms with van der Waals surface area (Å²) in [6.45, 7) is 3.49. The Morgan fingerprint density at radius 1 is 1.04 bits per heavy atom. The van der Waals surface area contributed by atoms with Gasteiger partial charge in [-0.1, -0.05) is 0 Å². The molecule has 0 saturated carbocycles. The number of nitrogens with one attached hydrogen (secondary N) is 1. The maximum absolute atomic E-state index is 13.0. The Labute approximate surface area is 146 Å². The minimum atomic E-state index is -0.234. The van der Waals surface area contributed by atoms with E-state index < -0.39 is 0 Å². The number of nitrogens with zero attached hydrogens (tertiary/aromatic N) is 3. The zero-order valence-electron chi connectivity index (χ0n) is 13.8. The number of carbonyl (C=O) groups is 1. The lowest BCUT2D eigenvalue weighted by molar-refractivity contribution is -0.117. The second-order valence-corrected chi connectivity index (χ2v) is 5.98. The third kappa shape index (κ3) is 4.55. The highest BCUT2D eigenvalue weighted by Crippen LogP contribution is 2.17. The standard InChI is InChI=1S/C19H19FN4O/c20-16-3-7-18(8-4-16)24-11-9-23(10-12-24)14-19(25)22-17-5-1-15(13-21)2-6-17/h1-8H,9-12,14H2,(H,22,25). The van der Waals surface area contributed by atoms with Gasteiger partial charge < -0.3 is 10.2 Å². The molecule has 2 aromatic rings. The Morgan fingerprint density at radius 3 is 2.28 bits per heavy atom. The van der Waals surface area contributed by atoms with Crippen molar-refractivity contribution in [3.8, 4) is 6.07 Å². The minimum absolute atomic E-state index is 0.0695. The highest BCUT2D eigenvalue weighted by Gasteiger charge is 2.19. The van der Waals surface area contributed by atoms with Crippen molar-refractivity contribution in [3.05, 3.63) is 59.9 Å². The highest BCUT2D eigenvalue weighted by atomic mass is 19.1. The Kier molecular flexibility index (Phi) is 5.26. The number of hydrogen-bond acceptors (Lipinski definition) is 4. The molecule has 1 heterocycles. The number of amides is 1. The Balaban J connectivity index is 1.47. The largest absolute Gasteiger partial charge is 0.369 e. The van der Waals surface area contributed by atoms with Gasteiger partial charge in [-0.25, -0.2) is 4.39 Å². The number of nitriles is 1. The number of benzene rings is 2. The molecule has 1 aliphatic rings. The molecular formula is C19H19FN4O. The third-order valence-electron chi connectivity index (χ3n) is 4.23. The fraction of sp³-hybridized carbons (Fsp3) is 0.263. The van der Waals surface area contributed by atoms with Crippen molar-refractivity contribution >= 4 is 17.3 Å². The smallest absolute Gasteiger partial charge is 0.238 e. The van der Waals surface area contributed by atoms with E-state index in [1.165, 1.54) is 12.1 Å².